The molecule has 0 aliphatic carbocycles. The molecule has 1 unspecified atom stereocenters. The standard InChI is InChI=1S/C5H10N2O/c6-4-1-5(3-8)7-2-4/h3-5,7H,1-2,6H2/t4-,5?/m0/s1. The molecule has 1 rings (SSSR count). The lowest BCUT2D eigenvalue weighted by molar-refractivity contribution is -0.109. The summed E-state index contributed by atoms with van der Waals surface area (Å²) in [6.45, 7) is 0.781. The molecule has 1 aliphatic rings. The number of nitrogens with two attached hydrogens (primary N) is 1. The van der Waals surface area contributed by atoms with Gasteiger partial charge in [-0.05, 0) is 6.42 Å². The molecule has 3 nitrogen and oxygen atoms in total. The molecule has 8 heavy (non-hydrogen) atoms. The summed E-state index contributed by atoms with van der Waals surface area (Å²) >= 11 is 0. The van der Waals surface area contributed by atoms with Crippen molar-refractivity contribution in [3.63, 3.8) is 0 Å². The first-order valence-electron chi connectivity index (χ1n) is 2.77. The molecule has 46 valence electrons. The smallest absolute Gasteiger partial charge is 0.136 e. The van der Waals surface area contributed by atoms with E-state index in [1.807, 2.05) is 0 Å². The summed E-state index contributed by atoms with van der Waals surface area (Å²) in [5.74, 6) is 0. The molecule has 0 spiro atoms. The van der Waals surface area contributed by atoms with Crippen LogP contribution in [0.25, 0.3) is 0 Å². The van der Waals surface area contributed by atoms with Crippen LogP contribution in [-0.2, 0) is 4.79 Å². The van der Waals surface area contributed by atoms with Crippen molar-refractivity contribution >= 4 is 6.29 Å². The van der Waals surface area contributed by atoms with Gasteiger partial charge in [-0.15, -0.1) is 0 Å². The average molecular weight is 114 g/mol. The summed E-state index contributed by atoms with van der Waals surface area (Å²) < 4.78 is 0. The highest BCUT2D eigenvalue weighted by Crippen LogP contribution is 1.99. The molecule has 1 fully saturated rings. The van der Waals surface area contributed by atoms with Crippen LogP contribution in [0.5, 0.6) is 0 Å². The maximum absolute atomic E-state index is 10.0. The Morgan fingerprint density at radius 1 is 1.75 bits per heavy atom. The first kappa shape index (κ1) is 5.72. The molecule has 0 bridgehead atoms. The van der Waals surface area contributed by atoms with Gasteiger partial charge in [0.15, 0.2) is 0 Å². The van der Waals surface area contributed by atoms with Crippen LogP contribution in [0.4, 0.5) is 0 Å². The Morgan fingerprint density at radius 3 is 2.75 bits per heavy atom. The molecular weight excluding hydrogens is 104 g/mol. The third kappa shape index (κ3) is 1.05. The van der Waals surface area contributed by atoms with E-state index in [9.17, 15) is 4.79 Å². The zero-order valence-electron chi connectivity index (χ0n) is 4.63. The van der Waals surface area contributed by atoms with Gasteiger partial charge in [0, 0.05) is 12.6 Å². The van der Waals surface area contributed by atoms with Gasteiger partial charge >= 0.3 is 0 Å². The van der Waals surface area contributed by atoms with E-state index in [1.165, 1.54) is 0 Å². The van der Waals surface area contributed by atoms with Crippen molar-refractivity contribution in [3.8, 4) is 0 Å². The molecule has 3 heteroatoms. The Kier molecular flexibility index (Phi) is 1.60. The second-order valence-electron chi connectivity index (χ2n) is 2.15. The van der Waals surface area contributed by atoms with E-state index in [1.54, 1.807) is 0 Å². The van der Waals surface area contributed by atoms with Gasteiger partial charge in [0.05, 0.1) is 6.04 Å². The maximum Gasteiger partial charge on any atom is 0.136 e. The van der Waals surface area contributed by atoms with Gasteiger partial charge in [-0.1, -0.05) is 0 Å². The highest BCUT2D eigenvalue weighted by molar-refractivity contribution is 5.58. The zero-order valence-corrected chi connectivity index (χ0v) is 4.63. The minimum Gasteiger partial charge on any atom is -0.326 e. The first-order valence-corrected chi connectivity index (χ1v) is 2.77. The van der Waals surface area contributed by atoms with Crippen molar-refractivity contribution in [1.82, 2.24) is 5.32 Å². The lowest BCUT2D eigenvalue weighted by atomic mass is 10.2. The molecule has 1 heterocycles. The highest BCUT2D eigenvalue weighted by atomic mass is 16.1. The molecular formula is C5H10N2O. The van der Waals surface area contributed by atoms with E-state index < -0.39 is 0 Å². The molecule has 1 saturated heterocycles. The Bertz CT molecular complexity index is 94.4. The highest BCUT2D eigenvalue weighted by Gasteiger charge is 2.19. The Balaban J connectivity index is 2.32. The fourth-order valence-corrected chi connectivity index (χ4v) is 0.899. The summed E-state index contributed by atoms with van der Waals surface area (Å²) in [4.78, 5) is 10.0. The van der Waals surface area contributed by atoms with Crippen molar-refractivity contribution in [2.24, 2.45) is 5.73 Å². The predicted molar refractivity (Wildman–Crippen MR) is 30.4 cm³/mol. The molecule has 0 radical (unpaired) electrons. The second kappa shape index (κ2) is 2.24. The minimum atomic E-state index is 0.0185. The molecule has 0 saturated carbocycles. The number of carbonyl (C=O) groups is 1. The monoisotopic (exact) mass is 114 g/mol. The molecule has 3 N–H and O–H groups in total. The van der Waals surface area contributed by atoms with Crippen LogP contribution in [0.15, 0.2) is 0 Å². The SMILES string of the molecule is N[C@@H]1CNC(C=O)C1. The number of aldehydes is 1. The van der Waals surface area contributed by atoms with Crippen LogP contribution in [0.3, 0.4) is 0 Å². The van der Waals surface area contributed by atoms with E-state index in [0.717, 1.165) is 19.3 Å². The summed E-state index contributed by atoms with van der Waals surface area (Å²) in [7, 11) is 0. The van der Waals surface area contributed by atoms with Crippen molar-refractivity contribution in [2.45, 2.75) is 18.5 Å². The van der Waals surface area contributed by atoms with Crippen LogP contribution in [0, 0.1) is 0 Å². The lowest BCUT2D eigenvalue weighted by Gasteiger charge is -1.95. The van der Waals surface area contributed by atoms with Crippen LogP contribution >= 0.6 is 0 Å². The van der Waals surface area contributed by atoms with Crippen molar-refractivity contribution in [2.75, 3.05) is 6.54 Å². The second-order valence-corrected chi connectivity index (χ2v) is 2.15. The summed E-state index contributed by atoms with van der Waals surface area (Å²) in [5, 5.41) is 2.96. The van der Waals surface area contributed by atoms with Crippen molar-refractivity contribution < 1.29 is 4.79 Å². The Hall–Kier alpha value is -0.410. The summed E-state index contributed by atoms with van der Waals surface area (Å²) in [6.07, 6.45) is 1.70. The van der Waals surface area contributed by atoms with Crippen LogP contribution in [0.1, 0.15) is 6.42 Å². The molecule has 0 aromatic carbocycles. The molecule has 0 aromatic rings. The van der Waals surface area contributed by atoms with Crippen molar-refractivity contribution in [1.29, 1.82) is 0 Å². The quantitative estimate of drug-likeness (QED) is 0.424. The van der Waals surface area contributed by atoms with Crippen molar-refractivity contribution in [3.05, 3.63) is 0 Å². The molecule has 1 aliphatic heterocycles. The number of nitrogens with one attached hydrogen (secondary N) is 1. The Morgan fingerprint density at radius 2 is 2.50 bits per heavy atom. The topological polar surface area (TPSA) is 55.1 Å². The zero-order chi connectivity index (χ0) is 5.98. The average Bonchev–Trinajstić information content (AvgIpc) is 2.14. The predicted octanol–water partition coefficient (Wildman–Crippen LogP) is -1.13. The third-order valence-electron chi connectivity index (χ3n) is 1.36. The van der Waals surface area contributed by atoms with E-state index in [2.05, 4.69) is 5.32 Å². The summed E-state index contributed by atoms with van der Waals surface area (Å²) in [5.41, 5.74) is 5.48. The third-order valence-corrected chi connectivity index (χ3v) is 1.36. The minimum absolute atomic E-state index is 0.0185. The first-order chi connectivity index (χ1) is 3.83. The molecule has 0 aromatic heterocycles. The van der Waals surface area contributed by atoms with Crippen LogP contribution < -0.4 is 11.1 Å². The van der Waals surface area contributed by atoms with Crippen LogP contribution in [0.2, 0.25) is 0 Å². The van der Waals surface area contributed by atoms with E-state index in [0.29, 0.717) is 0 Å². The molecule has 2 atom stereocenters. The van der Waals surface area contributed by atoms with E-state index in [-0.39, 0.29) is 12.1 Å². The number of hydrogen-bond acceptors (Lipinski definition) is 3. The van der Waals surface area contributed by atoms with Gasteiger partial charge in [0.1, 0.15) is 6.29 Å². The van der Waals surface area contributed by atoms with Gasteiger partial charge in [-0.25, -0.2) is 0 Å². The summed E-state index contributed by atoms with van der Waals surface area (Å²) in [6, 6.07) is 0.204. The number of hydrogen-bond donors (Lipinski definition) is 2. The number of carbonyl (C=O) groups excluding carboxylic acids is 1. The van der Waals surface area contributed by atoms with Gasteiger partial charge in [-0.2, -0.15) is 0 Å². The fourth-order valence-electron chi connectivity index (χ4n) is 0.899. The maximum atomic E-state index is 10.0. The van der Waals surface area contributed by atoms with Gasteiger partial charge in [0.2, 0.25) is 0 Å². The van der Waals surface area contributed by atoms with E-state index in [4.69, 9.17) is 5.73 Å². The molecule has 0 amide bonds. The number of rotatable bonds is 1. The largest absolute Gasteiger partial charge is 0.326 e. The Labute approximate surface area is 48.2 Å². The lowest BCUT2D eigenvalue weighted by Crippen LogP contribution is -2.23. The normalized spacial score (nSPS) is 37.6. The van der Waals surface area contributed by atoms with Gasteiger partial charge < -0.3 is 15.8 Å². The van der Waals surface area contributed by atoms with Gasteiger partial charge in [0.25, 0.3) is 0 Å². The fraction of sp³-hybridized carbons (Fsp3) is 0.800. The van der Waals surface area contributed by atoms with Crippen LogP contribution in [-0.4, -0.2) is 24.9 Å². The van der Waals surface area contributed by atoms with E-state index >= 15 is 0 Å². The van der Waals surface area contributed by atoms with Gasteiger partial charge in [-0.3, -0.25) is 0 Å².